The zero-order valence-electron chi connectivity index (χ0n) is 14.5. The normalized spacial score (nSPS) is 20.5. The highest BCUT2D eigenvalue weighted by atomic mass is 16.5. The zero-order chi connectivity index (χ0) is 17.1. The number of benzene rings is 2. The Morgan fingerprint density at radius 3 is 2.71 bits per heavy atom. The summed E-state index contributed by atoms with van der Waals surface area (Å²) in [5.74, 6) is 1.49. The molecule has 3 atom stereocenters. The molecule has 3 unspecified atom stereocenters. The maximum absolute atomic E-state index is 10.5. The Balaban J connectivity index is 1.73. The summed E-state index contributed by atoms with van der Waals surface area (Å²) < 4.78 is 11.0. The van der Waals surface area contributed by atoms with Crippen LogP contribution in [0.2, 0.25) is 0 Å². The smallest absolute Gasteiger partial charge is 0.161 e. The largest absolute Gasteiger partial charge is 0.493 e. The van der Waals surface area contributed by atoms with E-state index in [9.17, 15) is 5.11 Å². The minimum absolute atomic E-state index is 0.0231. The molecule has 0 aliphatic heterocycles. The van der Waals surface area contributed by atoms with E-state index in [0.29, 0.717) is 6.61 Å². The molecule has 0 fully saturated rings. The fourth-order valence-corrected chi connectivity index (χ4v) is 3.37. The van der Waals surface area contributed by atoms with Crippen LogP contribution in [0.25, 0.3) is 0 Å². The molecule has 24 heavy (non-hydrogen) atoms. The Hall–Kier alpha value is -2.04. The van der Waals surface area contributed by atoms with E-state index in [-0.39, 0.29) is 12.1 Å². The number of aliphatic hydroxyl groups is 1. The molecule has 0 bridgehead atoms. The van der Waals surface area contributed by atoms with Crippen LogP contribution in [-0.2, 0) is 6.42 Å². The predicted octanol–water partition coefficient (Wildman–Crippen LogP) is 3.40. The second-order valence-electron chi connectivity index (χ2n) is 6.19. The highest BCUT2D eigenvalue weighted by Crippen LogP contribution is 2.34. The first kappa shape index (κ1) is 16.8. The highest BCUT2D eigenvalue weighted by Gasteiger charge is 2.31. The van der Waals surface area contributed by atoms with Crippen molar-refractivity contribution in [3.8, 4) is 11.5 Å². The summed E-state index contributed by atoms with van der Waals surface area (Å²) in [6.45, 7) is 4.66. The van der Waals surface area contributed by atoms with Gasteiger partial charge in [0.15, 0.2) is 11.5 Å². The van der Waals surface area contributed by atoms with Gasteiger partial charge < -0.3 is 19.9 Å². The third-order valence-electron chi connectivity index (χ3n) is 4.65. The molecule has 0 spiro atoms. The number of nitrogens with one attached hydrogen (secondary N) is 1. The number of hydrogen-bond donors (Lipinski definition) is 2. The summed E-state index contributed by atoms with van der Waals surface area (Å²) in [5, 5.41) is 14.1. The van der Waals surface area contributed by atoms with Crippen molar-refractivity contribution in [3.05, 3.63) is 59.2 Å². The molecule has 1 aliphatic carbocycles. The third kappa shape index (κ3) is 3.25. The van der Waals surface area contributed by atoms with Gasteiger partial charge in [0.05, 0.1) is 19.8 Å². The summed E-state index contributed by atoms with van der Waals surface area (Å²) in [6.07, 6.45) is 0.379. The van der Waals surface area contributed by atoms with Gasteiger partial charge in [0.1, 0.15) is 0 Å². The van der Waals surface area contributed by atoms with Crippen LogP contribution in [0.5, 0.6) is 11.5 Å². The first-order chi connectivity index (χ1) is 11.6. The molecule has 128 valence electrons. The van der Waals surface area contributed by atoms with E-state index >= 15 is 0 Å². The molecule has 0 heterocycles. The molecule has 2 aromatic carbocycles. The lowest BCUT2D eigenvalue weighted by Gasteiger charge is -2.23. The maximum Gasteiger partial charge on any atom is 0.161 e. The fraction of sp³-hybridized carbons (Fsp3) is 0.400. The summed E-state index contributed by atoms with van der Waals surface area (Å²) in [6, 6.07) is 14.2. The molecule has 4 nitrogen and oxygen atoms in total. The quantitative estimate of drug-likeness (QED) is 0.854. The van der Waals surface area contributed by atoms with Crippen LogP contribution in [0.3, 0.4) is 0 Å². The Bertz CT molecular complexity index is 701. The Labute approximate surface area is 143 Å². The molecule has 0 saturated heterocycles. The van der Waals surface area contributed by atoms with E-state index in [1.54, 1.807) is 7.11 Å². The molecule has 2 N–H and O–H groups in total. The number of rotatable bonds is 6. The molecule has 2 aromatic rings. The molecule has 3 rings (SSSR count). The van der Waals surface area contributed by atoms with Gasteiger partial charge in [-0.1, -0.05) is 30.3 Å². The van der Waals surface area contributed by atoms with Crippen LogP contribution in [0.1, 0.15) is 42.7 Å². The zero-order valence-corrected chi connectivity index (χ0v) is 14.5. The van der Waals surface area contributed by atoms with E-state index in [2.05, 4.69) is 18.3 Å². The molecule has 0 radical (unpaired) electrons. The number of hydrogen-bond acceptors (Lipinski definition) is 4. The van der Waals surface area contributed by atoms with E-state index in [4.69, 9.17) is 9.47 Å². The van der Waals surface area contributed by atoms with Crippen molar-refractivity contribution in [3.63, 3.8) is 0 Å². The average molecular weight is 327 g/mol. The van der Waals surface area contributed by atoms with Crippen molar-refractivity contribution in [2.24, 2.45) is 0 Å². The number of methoxy groups -OCH3 is 1. The topological polar surface area (TPSA) is 50.7 Å². The van der Waals surface area contributed by atoms with Gasteiger partial charge >= 0.3 is 0 Å². The average Bonchev–Trinajstić information content (AvgIpc) is 2.91. The second kappa shape index (κ2) is 7.24. The second-order valence-corrected chi connectivity index (χ2v) is 6.19. The standard InChI is InChI=1S/C20H25NO3/c1-4-24-18-10-9-14(12-19(18)23-3)13(2)21-17-11-15-7-5-6-8-16(15)20(17)22/h5-10,12-13,17,20-22H,4,11H2,1-3H3. The molecule has 1 aliphatic rings. The van der Waals surface area contributed by atoms with Crippen LogP contribution in [0.15, 0.2) is 42.5 Å². The highest BCUT2D eigenvalue weighted by molar-refractivity contribution is 5.44. The van der Waals surface area contributed by atoms with E-state index in [1.807, 2.05) is 43.3 Å². The molecule has 0 amide bonds. The van der Waals surface area contributed by atoms with Crippen molar-refractivity contribution in [1.29, 1.82) is 0 Å². The number of ether oxygens (including phenoxy) is 2. The lowest BCUT2D eigenvalue weighted by atomic mass is 10.0. The summed E-state index contributed by atoms with van der Waals surface area (Å²) >= 11 is 0. The van der Waals surface area contributed by atoms with Gasteiger partial charge in [0.25, 0.3) is 0 Å². The Morgan fingerprint density at radius 2 is 2.00 bits per heavy atom. The SMILES string of the molecule is CCOc1ccc(C(C)NC2Cc3ccccc3C2O)cc1OC. The third-order valence-corrected chi connectivity index (χ3v) is 4.65. The molecular formula is C20H25NO3. The number of fused-ring (bicyclic) bond motifs is 1. The lowest BCUT2D eigenvalue weighted by molar-refractivity contribution is 0.136. The Kier molecular flexibility index (Phi) is 5.07. The minimum atomic E-state index is -0.465. The predicted molar refractivity (Wildman–Crippen MR) is 94.6 cm³/mol. The first-order valence-corrected chi connectivity index (χ1v) is 8.46. The van der Waals surface area contributed by atoms with Gasteiger partial charge in [-0.3, -0.25) is 0 Å². The van der Waals surface area contributed by atoms with Gasteiger partial charge in [-0.05, 0) is 49.1 Å². The van der Waals surface area contributed by atoms with Gasteiger partial charge in [-0.25, -0.2) is 0 Å². The minimum Gasteiger partial charge on any atom is -0.493 e. The van der Waals surface area contributed by atoms with Gasteiger partial charge in [0.2, 0.25) is 0 Å². The van der Waals surface area contributed by atoms with Crippen LogP contribution in [0.4, 0.5) is 0 Å². The molecule has 4 heteroatoms. The summed E-state index contributed by atoms with van der Waals surface area (Å²) in [4.78, 5) is 0. The van der Waals surface area contributed by atoms with Crippen molar-refractivity contribution >= 4 is 0 Å². The van der Waals surface area contributed by atoms with Crippen molar-refractivity contribution in [1.82, 2.24) is 5.32 Å². The van der Waals surface area contributed by atoms with E-state index < -0.39 is 6.10 Å². The van der Waals surface area contributed by atoms with Crippen LogP contribution >= 0.6 is 0 Å². The summed E-state index contributed by atoms with van der Waals surface area (Å²) in [7, 11) is 1.65. The lowest BCUT2D eigenvalue weighted by Crippen LogP contribution is -2.34. The molecule has 0 aromatic heterocycles. The van der Waals surface area contributed by atoms with Crippen LogP contribution in [-0.4, -0.2) is 24.9 Å². The van der Waals surface area contributed by atoms with E-state index in [1.165, 1.54) is 5.56 Å². The fourth-order valence-electron chi connectivity index (χ4n) is 3.37. The molecule has 0 saturated carbocycles. The number of aliphatic hydroxyl groups excluding tert-OH is 1. The molecular weight excluding hydrogens is 302 g/mol. The van der Waals surface area contributed by atoms with Crippen molar-refractivity contribution in [2.45, 2.75) is 38.5 Å². The monoisotopic (exact) mass is 327 g/mol. The first-order valence-electron chi connectivity index (χ1n) is 8.46. The van der Waals surface area contributed by atoms with Crippen LogP contribution < -0.4 is 14.8 Å². The summed E-state index contributed by atoms with van der Waals surface area (Å²) in [5.41, 5.74) is 3.36. The van der Waals surface area contributed by atoms with Crippen molar-refractivity contribution < 1.29 is 14.6 Å². The van der Waals surface area contributed by atoms with Gasteiger partial charge in [-0.15, -0.1) is 0 Å². The van der Waals surface area contributed by atoms with Gasteiger partial charge in [-0.2, -0.15) is 0 Å². The van der Waals surface area contributed by atoms with Gasteiger partial charge in [0, 0.05) is 12.1 Å². The van der Waals surface area contributed by atoms with Crippen LogP contribution in [0, 0.1) is 0 Å². The van der Waals surface area contributed by atoms with E-state index in [0.717, 1.165) is 29.0 Å². The maximum atomic E-state index is 10.5. The Morgan fingerprint density at radius 1 is 1.21 bits per heavy atom. The van der Waals surface area contributed by atoms with Crippen molar-refractivity contribution in [2.75, 3.05) is 13.7 Å².